The molecule has 0 fully saturated rings. The average Bonchev–Trinajstić information content (AvgIpc) is 2.84. The zero-order valence-corrected chi connectivity index (χ0v) is 17.9. The van der Waals surface area contributed by atoms with Crippen molar-refractivity contribution >= 4 is 5.69 Å². The highest BCUT2D eigenvalue weighted by molar-refractivity contribution is 5.64. The molecule has 0 atom stereocenters. The number of unbranched alkanes of at least 4 members (excludes halogenated alkanes) is 4. The average molecular weight is 431 g/mol. The first-order valence-corrected chi connectivity index (χ1v) is 10.8. The molecular formula is C26H26N2O4. The van der Waals surface area contributed by atoms with E-state index in [9.17, 15) is 10.1 Å². The first-order chi connectivity index (χ1) is 15.7. The third-order valence-electron chi connectivity index (χ3n) is 5.08. The molecule has 6 heteroatoms. The second kappa shape index (κ2) is 12.1. The number of nitro groups is 1. The van der Waals surface area contributed by atoms with E-state index < -0.39 is 4.92 Å². The van der Waals surface area contributed by atoms with Crippen molar-refractivity contribution in [2.45, 2.75) is 32.1 Å². The van der Waals surface area contributed by atoms with Gasteiger partial charge in [0, 0.05) is 12.1 Å². The topological polar surface area (TPSA) is 85.4 Å². The molecule has 0 radical (unpaired) electrons. The Hall–Kier alpha value is -3.85. The van der Waals surface area contributed by atoms with Crippen LogP contribution < -0.4 is 9.47 Å². The summed E-state index contributed by atoms with van der Waals surface area (Å²) in [7, 11) is 0. The normalized spacial score (nSPS) is 10.3. The Morgan fingerprint density at radius 2 is 1.12 bits per heavy atom. The van der Waals surface area contributed by atoms with Gasteiger partial charge in [-0.25, -0.2) is 0 Å². The fourth-order valence-corrected chi connectivity index (χ4v) is 3.26. The zero-order valence-electron chi connectivity index (χ0n) is 17.9. The molecule has 3 rings (SSSR count). The molecule has 0 saturated carbocycles. The van der Waals surface area contributed by atoms with Crippen LogP contribution in [0.15, 0.2) is 72.8 Å². The Morgan fingerprint density at radius 1 is 0.688 bits per heavy atom. The van der Waals surface area contributed by atoms with Crippen LogP contribution in [0.25, 0.3) is 11.1 Å². The molecule has 0 amide bonds. The minimum Gasteiger partial charge on any atom is -0.494 e. The van der Waals surface area contributed by atoms with Gasteiger partial charge in [-0.15, -0.1) is 0 Å². The highest BCUT2D eigenvalue weighted by Crippen LogP contribution is 2.23. The van der Waals surface area contributed by atoms with Crippen LogP contribution in [0.2, 0.25) is 0 Å². The summed E-state index contributed by atoms with van der Waals surface area (Å²) in [6.07, 6.45) is 5.24. The molecule has 0 N–H and O–H groups in total. The third kappa shape index (κ3) is 7.13. The number of non-ortho nitro benzene ring substituents is 1. The number of nitro benzene ring substituents is 1. The van der Waals surface area contributed by atoms with Crippen molar-refractivity contribution in [2.24, 2.45) is 0 Å². The highest BCUT2D eigenvalue weighted by Gasteiger charge is 2.04. The van der Waals surface area contributed by atoms with E-state index >= 15 is 0 Å². The quantitative estimate of drug-likeness (QED) is 0.185. The molecule has 164 valence electrons. The smallest absolute Gasteiger partial charge is 0.269 e. The third-order valence-corrected chi connectivity index (χ3v) is 5.08. The lowest BCUT2D eigenvalue weighted by atomic mass is 10.0. The second-order valence-electron chi connectivity index (χ2n) is 7.43. The van der Waals surface area contributed by atoms with Gasteiger partial charge in [0.2, 0.25) is 0 Å². The summed E-state index contributed by atoms with van der Waals surface area (Å²) >= 11 is 0. The lowest BCUT2D eigenvalue weighted by molar-refractivity contribution is -0.384. The maximum Gasteiger partial charge on any atom is 0.269 e. The standard InChI is InChI=1S/C26H26N2O4/c27-20-21-6-8-22(9-7-21)23-10-14-25(15-11-23)31-18-4-2-1-3-5-19-32-26-16-12-24(13-17-26)28(29)30/h6-17H,1-5,18-19H2. The highest BCUT2D eigenvalue weighted by atomic mass is 16.6. The summed E-state index contributed by atoms with van der Waals surface area (Å²) in [5.74, 6) is 1.52. The van der Waals surface area contributed by atoms with Gasteiger partial charge in [0.15, 0.2) is 0 Å². The number of nitrogens with zero attached hydrogens (tertiary/aromatic N) is 2. The van der Waals surface area contributed by atoms with Crippen LogP contribution in [-0.4, -0.2) is 18.1 Å². The zero-order chi connectivity index (χ0) is 22.6. The predicted octanol–water partition coefficient (Wildman–Crippen LogP) is 6.54. The van der Waals surface area contributed by atoms with Crippen molar-refractivity contribution < 1.29 is 14.4 Å². The minimum atomic E-state index is -0.417. The maximum absolute atomic E-state index is 10.6. The van der Waals surface area contributed by atoms with Crippen molar-refractivity contribution in [1.29, 1.82) is 5.26 Å². The van der Waals surface area contributed by atoms with Gasteiger partial charge < -0.3 is 9.47 Å². The fraction of sp³-hybridized carbons (Fsp3) is 0.269. The molecule has 0 aliphatic rings. The molecule has 0 bridgehead atoms. The molecule has 0 saturated heterocycles. The molecule has 0 unspecified atom stereocenters. The molecule has 0 heterocycles. The predicted molar refractivity (Wildman–Crippen MR) is 124 cm³/mol. The van der Waals surface area contributed by atoms with E-state index in [0.29, 0.717) is 24.5 Å². The largest absolute Gasteiger partial charge is 0.494 e. The van der Waals surface area contributed by atoms with E-state index in [-0.39, 0.29) is 5.69 Å². The van der Waals surface area contributed by atoms with Gasteiger partial charge in [0.1, 0.15) is 11.5 Å². The molecule has 0 aliphatic carbocycles. The number of hydrogen-bond acceptors (Lipinski definition) is 5. The minimum absolute atomic E-state index is 0.0711. The van der Waals surface area contributed by atoms with Gasteiger partial charge in [0.25, 0.3) is 5.69 Å². The molecule has 0 aromatic heterocycles. The first kappa shape index (κ1) is 22.8. The monoisotopic (exact) mass is 430 g/mol. The van der Waals surface area contributed by atoms with Gasteiger partial charge in [-0.05, 0) is 60.4 Å². The van der Waals surface area contributed by atoms with Crippen LogP contribution in [0.1, 0.15) is 37.7 Å². The molecular weight excluding hydrogens is 404 g/mol. The molecule has 6 nitrogen and oxygen atoms in total. The molecule has 32 heavy (non-hydrogen) atoms. The van der Waals surface area contributed by atoms with Gasteiger partial charge in [-0.1, -0.05) is 43.5 Å². The first-order valence-electron chi connectivity index (χ1n) is 10.8. The number of nitriles is 1. The second-order valence-corrected chi connectivity index (χ2v) is 7.43. The lowest BCUT2D eigenvalue weighted by Gasteiger charge is -2.08. The SMILES string of the molecule is N#Cc1ccc(-c2ccc(OCCCCCCCOc3ccc([N+](=O)[O-])cc3)cc2)cc1. The van der Waals surface area contributed by atoms with Crippen LogP contribution in [0.4, 0.5) is 5.69 Å². The Morgan fingerprint density at radius 3 is 1.59 bits per heavy atom. The van der Waals surface area contributed by atoms with E-state index in [2.05, 4.69) is 6.07 Å². The van der Waals surface area contributed by atoms with Crippen molar-refractivity contribution in [1.82, 2.24) is 0 Å². The maximum atomic E-state index is 10.6. The van der Waals surface area contributed by atoms with Crippen LogP contribution in [0.5, 0.6) is 11.5 Å². The summed E-state index contributed by atoms with van der Waals surface area (Å²) < 4.78 is 11.4. The lowest BCUT2D eigenvalue weighted by Crippen LogP contribution is -1.99. The summed E-state index contributed by atoms with van der Waals surface area (Å²) in [5.41, 5.74) is 2.90. The summed E-state index contributed by atoms with van der Waals surface area (Å²) in [5, 5.41) is 19.5. The van der Waals surface area contributed by atoms with Crippen molar-refractivity contribution in [2.75, 3.05) is 13.2 Å². The van der Waals surface area contributed by atoms with E-state index in [4.69, 9.17) is 14.7 Å². The Labute approximate surface area is 188 Å². The number of rotatable bonds is 12. The van der Waals surface area contributed by atoms with Gasteiger partial charge in [-0.2, -0.15) is 5.26 Å². The summed E-state index contributed by atoms with van der Waals surface area (Å²) in [6, 6.07) is 23.9. The van der Waals surface area contributed by atoms with Crippen molar-refractivity contribution in [3.63, 3.8) is 0 Å². The number of ether oxygens (including phenoxy) is 2. The Bertz CT molecular complexity index is 1020. The molecule has 0 spiro atoms. The van der Waals surface area contributed by atoms with E-state index in [1.54, 1.807) is 12.1 Å². The van der Waals surface area contributed by atoms with E-state index in [1.807, 2.05) is 48.5 Å². The van der Waals surface area contributed by atoms with Gasteiger partial charge in [0.05, 0.1) is 29.8 Å². The van der Waals surface area contributed by atoms with E-state index in [0.717, 1.165) is 49.0 Å². The van der Waals surface area contributed by atoms with Gasteiger partial charge in [-0.3, -0.25) is 10.1 Å². The Balaban J connectivity index is 1.25. The van der Waals surface area contributed by atoms with Crippen LogP contribution in [-0.2, 0) is 0 Å². The molecule has 0 aliphatic heterocycles. The summed E-state index contributed by atoms with van der Waals surface area (Å²) in [6.45, 7) is 1.30. The summed E-state index contributed by atoms with van der Waals surface area (Å²) in [4.78, 5) is 10.2. The number of benzene rings is 3. The molecule has 3 aromatic rings. The van der Waals surface area contributed by atoms with Crippen molar-refractivity contribution in [3.05, 3.63) is 88.5 Å². The van der Waals surface area contributed by atoms with Crippen molar-refractivity contribution in [3.8, 4) is 28.7 Å². The van der Waals surface area contributed by atoms with Gasteiger partial charge >= 0.3 is 0 Å². The van der Waals surface area contributed by atoms with Crippen LogP contribution >= 0.6 is 0 Å². The fourth-order valence-electron chi connectivity index (χ4n) is 3.26. The number of hydrogen-bond donors (Lipinski definition) is 0. The molecule has 3 aromatic carbocycles. The van der Waals surface area contributed by atoms with Crippen LogP contribution in [0.3, 0.4) is 0 Å². The van der Waals surface area contributed by atoms with Crippen LogP contribution in [0, 0.1) is 21.4 Å². The Kier molecular flexibility index (Phi) is 8.64. The van der Waals surface area contributed by atoms with E-state index in [1.165, 1.54) is 12.1 Å².